The molecule has 0 aliphatic carbocycles. The summed E-state index contributed by atoms with van der Waals surface area (Å²) < 4.78 is 6.27. The minimum absolute atomic E-state index is 0.0644. The van der Waals surface area contributed by atoms with Gasteiger partial charge in [-0.2, -0.15) is 0 Å². The van der Waals surface area contributed by atoms with Gasteiger partial charge in [-0.3, -0.25) is 4.79 Å². The second-order valence-electron chi connectivity index (χ2n) is 5.84. The number of nitrogens with one attached hydrogen (secondary N) is 1. The molecule has 1 aliphatic rings. The van der Waals surface area contributed by atoms with Crippen molar-refractivity contribution in [2.24, 2.45) is 5.92 Å². The van der Waals surface area contributed by atoms with Crippen molar-refractivity contribution in [3.63, 3.8) is 0 Å². The number of hydrogen-bond acceptors (Lipinski definition) is 2. The van der Waals surface area contributed by atoms with Gasteiger partial charge in [-0.15, -0.1) is 0 Å². The molecule has 0 radical (unpaired) electrons. The van der Waals surface area contributed by atoms with E-state index in [1.54, 1.807) is 0 Å². The molecule has 0 aromatic heterocycles. The number of hydrogen-bond donors (Lipinski definition) is 1. The zero-order valence-electron chi connectivity index (χ0n) is 10.8. The van der Waals surface area contributed by atoms with Gasteiger partial charge in [0, 0.05) is 6.54 Å². The monoisotopic (exact) mass is 257 g/mol. The zero-order valence-corrected chi connectivity index (χ0v) is 12.8. The highest BCUT2D eigenvalue weighted by Crippen LogP contribution is 2.35. The molecule has 0 aromatic rings. The average Bonchev–Trinajstić information content (AvgIpc) is 2.09. The summed E-state index contributed by atoms with van der Waals surface area (Å²) in [6.45, 7) is 13.4. The SMILES string of the molecule is C=CC(=O)NCC1C[Si](C)(C)O[Si](C)(C)C1. The van der Waals surface area contributed by atoms with Crippen LogP contribution in [-0.4, -0.2) is 29.1 Å². The molecule has 0 aromatic carbocycles. The third kappa shape index (κ3) is 4.23. The van der Waals surface area contributed by atoms with Gasteiger partial charge in [0.1, 0.15) is 0 Å². The van der Waals surface area contributed by atoms with E-state index in [4.69, 9.17) is 4.12 Å². The van der Waals surface area contributed by atoms with Gasteiger partial charge in [0.2, 0.25) is 5.91 Å². The predicted octanol–water partition coefficient (Wildman–Crippen LogP) is 2.35. The summed E-state index contributed by atoms with van der Waals surface area (Å²) in [5.41, 5.74) is 0. The van der Waals surface area contributed by atoms with Crippen LogP contribution in [0.2, 0.25) is 38.3 Å². The van der Waals surface area contributed by atoms with Crippen molar-refractivity contribution in [3.8, 4) is 0 Å². The van der Waals surface area contributed by atoms with Crippen molar-refractivity contribution in [2.45, 2.75) is 38.3 Å². The van der Waals surface area contributed by atoms with Gasteiger partial charge >= 0.3 is 0 Å². The fourth-order valence-electron chi connectivity index (χ4n) is 2.76. The van der Waals surface area contributed by atoms with E-state index in [0.29, 0.717) is 5.92 Å². The standard InChI is InChI=1S/C11H23NO2Si2/c1-6-11(13)12-7-10-8-15(2,3)14-16(4,5)9-10/h6,10H,1,7-9H2,2-5H3,(H,12,13). The van der Waals surface area contributed by atoms with E-state index >= 15 is 0 Å². The lowest BCUT2D eigenvalue weighted by Crippen LogP contribution is -2.52. The van der Waals surface area contributed by atoms with E-state index < -0.39 is 16.6 Å². The van der Waals surface area contributed by atoms with Gasteiger partial charge in [0.25, 0.3) is 0 Å². The highest BCUT2D eigenvalue weighted by Gasteiger charge is 2.41. The Kier molecular flexibility index (Phi) is 4.14. The normalized spacial score (nSPS) is 23.8. The zero-order chi connectivity index (χ0) is 12.4. The first-order valence-corrected chi connectivity index (χ1v) is 12.1. The molecular weight excluding hydrogens is 234 g/mol. The fraction of sp³-hybridized carbons (Fsp3) is 0.727. The van der Waals surface area contributed by atoms with Gasteiger partial charge in [0.15, 0.2) is 16.6 Å². The summed E-state index contributed by atoms with van der Waals surface area (Å²) in [4.78, 5) is 11.1. The molecule has 1 amide bonds. The molecule has 0 bridgehead atoms. The topological polar surface area (TPSA) is 38.3 Å². The quantitative estimate of drug-likeness (QED) is 0.622. The Morgan fingerprint density at radius 2 is 1.88 bits per heavy atom. The lowest BCUT2D eigenvalue weighted by atomic mass is 10.2. The van der Waals surface area contributed by atoms with Crippen LogP contribution in [0.5, 0.6) is 0 Å². The van der Waals surface area contributed by atoms with Crippen LogP contribution in [0, 0.1) is 5.92 Å². The van der Waals surface area contributed by atoms with Crippen LogP contribution in [0.4, 0.5) is 0 Å². The molecule has 0 saturated carbocycles. The Morgan fingerprint density at radius 3 is 2.31 bits per heavy atom. The summed E-state index contributed by atoms with van der Waals surface area (Å²) in [7, 11) is -2.97. The largest absolute Gasteiger partial charge is 0.455 e. The Bertz CT molecular complexity index is 274. The Morgan fingerprint density at radius 1 is 1.38 bits per heavy atom. The van der Waals surface area contributed by atoms with Gasteiger partial charge < -0.3 is 9.43 Å². The van der Waals surface area contributed by atoms with Crippen LogP contribution in [0.3, 0.4) is 0 Å². The second kappa shape index (κ2) is 4.85. The molecule has 92 valence electrons. The highest BCUT2D eigenvalue weighted by molar-refractivity contribution is 6.86. The van der Waals surface area contributed by atoms with Gasteiger partial charge in [-0.1, -0.05) is 6.58 Å². The van der Waals surface area contributed by atoms with Crippen LogP contribution < -0.4 is 5.32 Å². The van der Waals surface area contributed by atoms with Gasteiger partial charge in [-0.05, 0) is 50.3 Å². The first-order valence-electron chi connectivity index (χ1n) is 5.84. The second-order valence-corrected chi connectivity index (χ2v) is 14.5. The lowest BCUT2D eigenvalue weighted by Gasteiger charge is -2.43. The number of rotatable bonds is 3. The molecular formula is C11H23NO2Si2. The Balaban J connectivity index is 2.54. The van der Waals surface area contributed by atoms with Crippen molar-refractivity contribution in [2.75, 3.05) is 6.54 Å². The number of carbonyl (C=O) groups excluding carboxylic acids is 1. The molecule has 0 unspecified atom stereocenters. The van der Waals surface area contributed by atoms with Crippen LogP contribution in [0.15, 0.2) is 12.7 Å². The van der Waals surface area contributed by atoms with Crippen LogP contribution in [0.25, 0.3) is 0 Å². The molecule has 0 spiro atoms. The smallest absolute Gasteiger partial charge is 0.243 e. The van der Waals surface area contributed by atoms with Crippen LogP contribution in [0.1, 0.15) is 0 Å². The van der Waals surface area contributed by atoms with Gasteiger partial charge in [0.05, 0.1) is 0 Å². The summed E-state index contributed by atoms with van der Waals surface area (Å²) >= 11 is 0. The lowest BCUT2D eigenvalue weighted by molar-refractivity contribution is -0.116. The van der Waals surface area contributed by atoms with Crippen molar-refractivity contribution < 1.29 is 8.91 Å². The van der Waals surface area contributed by atoms with E-state index in [1.807, 2.05) is 0 Å². The first-order chi connectivity index (χ1) is 7.24. The van der Waals surface area contributed by atoms with Crippen molar-refractivity contribution in [1.82, 2.24) is 5.32 Å². The van der Waals surface area contributed by atoms with Gasteiger partial charge in [-0.25, -0.2) is 0 Å². The molecule has 1 heterocycles. The molecule has 0 atom stereocenters. The number of carbonyl (C=O) groups is 1. The molecule has 1 rings (SSSR count). The Labute approximate surface area is 101 Å². The van der Waals surface area contributed by atoms with Crippen molar-refractivity contribution in [1.29, 1.82) is 0 Å². The van der Waals surface area contributed by atoms with Crippen molar-refractivity contribution in [3.05, 3.63) is 12.7 Å². The highest BCUT2D eigenvalue weighted by atomic mass is 28.4. The molecule has 5 heteroatoms. The maximum atomic E-state index is 11.1. The van der Waals surface area contributed by atoms with E-state index in [0.717, 1.165) is 18.6 Å². The minimum Gasteiger partial charge on any atom is -0.455 e. The summed E-state index contributed by atoms with van der Waals surface area (Å²) in [6.07, 6.45) is 1.34. The third-order valence-electron chi connectivity index (χ3n) is 2.86. The average molecular weight is 257 g/mol. The summed E-state index contributed by atoms with van der Waals surface area (Å²) in [5.74, 6) is 0.534. The van der Waals surface area contributed by atoms with E-state index in [-0.39, 0.29) is 5.91 Å². The van der Waals surface area contributed by atoms with Crippen LogP contribution >= 0.6 is 0 Å². The summed E-state index contributed by atoms with van der Waals surface area (Å²) in [5, 5.41) is 2.91. The minimum atomic E-state index is -1.49. The summed E-state index contributed by atoms with van der Waals surface area (Å²) in [6, 6.07) is 2.31. The third-order valence-corrected chi connectivity index (χ3v) is 10.4. The number of amides is 1. The molecule has 1 N–H and O–H groups in total. The molecule has 3 nitrogen and oxygen atoms in total. The predicted molar refractivity (Wildman–Crippen MR) is 72.4 cm³/mol. The molecule has 1 saturated heterocycles. The van der Waals surface area contributed by atoms with E-state index in [9.17, 15) is 4.79 Å². The maximum absolute atomic E-state index is 11.1. The molecule has 1 aliphatic heterocycles. The van der Waals surface area contributed by atoms with E-state index in [2.05, 4.69) is 38.1 Å². The van der Waals surface area contributed by atoms with Crippen molar-refractivity contribution >= 4 is 22.5 Å². The first kappa shape index (κ1) is 13.7. The van der Waals surface area contributed by atoms with Crippen LogP contribution in [-0.2, 0) is 8.91 Å². The van der Waals surface area contributed by atoms with E-state index in [1.165, 1.54) is 6.08 Å². The molecule has 16 heavy (non-hydrogen) atoms. The Hall–Kier alpha value is -0.396. The molecule has 1 fully saturated rings. The fourth-order valence-corrected chi connectivity index (χ4v) is 13.1. The maximum Gasteiger partial charge on any atom is 0.243 e.